The maximum atomic E-state index is 8.86. The molecule has 1 heterocycles. The first-order valence-electron chi connectivity index (χ1n) is 7.97. The van der Waals surface area contributed by atoms with Gasteiger partial charge in [-0.05, 0) is 54.7 Å². The Kier molecular flexibility index (Phi) is 5.30. The predicted molar refractivity (Wildman–Crippen MR) is 96.0 cm³/mol. The maximum absolute atomic E-state index is 8.86. The van der Waals surface area contributed by atoms with E-state index in [0.717, 1.165) is 30.8 Å². The summed E-state index contributed by atoms with van der Waals surface area (Å²) in [5.74, 6) is 0. The van der Waals surface area contributed by atoms with Crippen molar-refractivity contribution in [3.05, 3.63) is 88.5 Å². The summed E-state index contributed by atoms with van der Waals surface area (Å²) >= 11 is 6.03. The number of imidazole rings is 1. The molecule has 0 radical (unpaired) electrons. The molecule has 0 saturated heterocycles. The quantitative estimate of drug-likeness (QED) is 0.659. The monoisotopic (exact) mass is 335 g/mol. The SMILES string of the molecule is N#Cc1ccc(Cn2cncc2CCCc2cccc(Cl)c2)cc1. The minimum absolute atomic E-state index is 0.686. The van der Waals surface area contributed by atoms with E-state index in [4.69, 9.17) is 16.9 Å². The fourth-order valence-corrected chi connectivity index (χ4v) is 2.96. The molecule has 0 spiro atoms. The highest BCUT2D eigenvalue weighted by Gasteiger charge is 2.04. The van der Waals surface area contributed by atoms with Gasteiger partial charge < -0.3 is 4.57 Å². The van der Waals surface area contributed by atoms with Crippen molar-refractivity contribution in [1.29, 1.82) is 5.26 Å². The molecule has 0 saturated carbocycles. The van der Waals surface area contributed by atoms with E-state index >= 15 is 0 Å². The molecular weight excluding hydrogens is 318 g/mol. The lowest BCUT2D eigenvalue weighted by molar-refractivity contribution is 0.703. The van der Waals surface area contributed by atoms with Gasteiger partial charge in [-0.3, -0.25) is 0 Å². The molecule has 4 heteroatoms. The summed E-state index contributed by atoms with van der Waals surface area (Å²) in [6.07, 6.45) is 6.83. The molecule has 0 atom stereocenters. The zero-order valence-electron chi connectivity index (χ0n) is 13.3. The summed E-state index contributed by atoms with van der Waals surface area (Å²) in [6, 6.07) is 17.9. The second kappa shape index (κ2) is 7.81. The van der Waals surface area contributed by atoms with Gasteiger partial charge in [0, 0.05) is 23.5 Å². The van der Waals surface area contributed by atoms with Gasteiger partial charge in [0.15, 0.2) is 0 Å². The molecule has 0 aliphatic heterocycles. The smallest absolute Gasteiger partial charge is 0.0991 e. The van der Waals surface area contributed by atoms with E-state index in [1.807, 2.05) is 55.0 Å². The van der Waals surface area contributed by atoms with Crippen molar-refractivity contribution in [3.63, 3.8) is 0 Å². The topological polar surface area (TPSA) is 41.6 Å². The van der Waals surface area contributed by atoms with Crippen molar-refractivity contribution >= 4 is 11.6 Å². The molecule has 0 bridgehead atoms. The van der Waals surface area contributed by atoms with Gasteiger partial charge in [0.2, 0.25) is 0 Å². The van der Waals surface area contributed by atoms with Crippen LogP contribution < -0.4 is 0 Å². The summed E-state index contributed by atoms with van der Waals surface area (Å²) in [7, 11) is 0. The second-order valence-corrected chi connectivity index (χ2v) is 6.24. The first kappa shape index (κ1) is 16.3. The van der Waals surface area contributed by atoms with Crippen molar-refractivity contribution < 1.29 is 0 Å². The van der Waals surface area contributed by atoms with Crippen molar-refractivity contribution in [2.45, 2.75) is 25.8 Å². The van der Waals surface area contributed by atoms with E-state index in [0.29, 0.717) is 5.56 Å². The van der Waals surface area contributed by atoms with E-state index in [1.54, 1.807) is 0 Å². The molecule has 0 aliphatic rings. The van der Waals surface area contributed by atoms with Crippen LogP contribution in [0.4, 0.5) is 0 Å². The Labute approximate surface area is 147 Å². The van der Waals surface area contributed by atoms with Crippen LogP contribution >= 0.6 is 11.6 Å². The Morgan fingerprint density at radius 3 is 2.62 bits per heavy atom. The molecule has 24 heavy (non-hydrogen) atoms. The van der Waals surface area contributed by atoms with Crippen LogP contribution in [0.3, 0.4) is 0 Å². The highest BCUT2D eigenvalue weighted by atomic mass is 35.5. The Balaban J connectivity index is 1.59. The van der Waals surface area contributed by atoms with Crippen molar-refractivity contribution in [1.82, 2.24) is 9.55 Å². The minimum atomic E-state index is 0.686. The molecule has 0 aliphatic carbocycles. The molecule has 3 nitrogen and oxygen atoms in total. The molecule has 0 N–H and O–H groups in total. The number of aryl methyl sites for hydroxylation is 2. The van der Waals surface area contributed by atoms with Crippen LogP contribution in [0.2, 0.25) is 5.02 Å². The van der Waals surface area contributed by atoms with E-state index in [2.05, 4.69) is 21.7 Å². The molecule has 0 amide bonds. The maximum Gasteiger partial charge on any atom is 0.0991 e. The Hall–Kier alpha value is -2.57. The summed E-state index contributed by atoms with van der Waals surface area (Å²) in [5.41, 5.74) is 4.34. The third kappa shape index (κ3) is 4.24. The average molecular weight is 336 g/mol. The van der Waals surface area contributed by atoms with E-state index in [-0.39, 0.29) is 0 Å². The number of hydrogen-bond donors (Lipinski definition) is 0. The van der Waals surface area contributed by atoms with E-state index in [9.17, 15) is 0 Å². The van der Waals surface area contributed by atoms with Gasteiger partial charge >= 0.3 is 0 Å². The first-order chi connectivity index (χ1) is 11.7. The number of halogens is 1. The molecule has 0 unspecified atom stereocenters. The zero-order valence-corrected chi connectivity index (χ0v) is 14.1. The Bertz CT molecular complexity index is 844. The second-order valence-electron chi connectivity index (χ2n) is 5.81. The van der Waals surface area contributed by atoms with Crippen LogP contribution in [0.5, 0.6) is 0 Å². The summed E-state index contributed by atoms with van der Waals surface area (Å²) in [6.45, 7) is 0.776. The largest absolute Gasteiger partial charge is 0.330 e. The minimum Gasteiger partial charge on any atom is -0.330 e. The highest BCUT2D eigenvalue weighted by molar-refractivity contribution is 6.30. The van der Waals surface area contributed by atoms with Gasteiger partial charge in [-0.1, -0.05) is 35.9 Å². The van der Waals surface area contributed by atoms with E-state index < -0.39 is 0 Å². The third-order valence-corrected chi connectivity index (χ3v) is 4.26. The van der Waals surface area contributed by atoms with Crippen LogP contribution in [-0.2, 0) is 19.4 Å². The number of benzene rings is 2. The fraction of sp³-hybridized carbons (Fsp3) is 0.200. The Morgan fingerprint density at radius 1 is 1.04 bits per heavy atom. The predicted octanol–water partition coefficient (Wildman–Crippen LogP) is 4.63. The standard InChI is InChI=1S/C20H18ClN3/c21-19-5-1-3-16(11-19)4-2-6-20-13-23-15-24(20)14-18-9-7-17(12-22)8-10-18/h1,3,5,7-11,13,15H,2,4,6,14H2. The van der Waals surface area contributed by atoms with Crippen molar-refractivity contribution in [2.75, 3.05) is 0 Å². The van der Waals surface area contributed by atoms with Gasteiger partial charge in [-0.25, -0.2) is 4.98 Å². The number of aromatic nitrogens is 2. The highest BCUT2D eigenvalue weighted by Crippen LogP contribution is 2.14. The molecule has 2 aromatic carbocycles. The van der Waals surface area contributed by atoms with Crippen LogP contribution in [-0.4, -0.2) is 9.55 Å². The van der Waals surface area contributed by atoms with Crippen molar-refractivity contribution in [2.24, 2.45) is 0 Å². The number of hydrogen-bond acceptors (Lipinski definition) is 2. The fourth-order valence-electron chi connectivity index (χ4n) is 2.75. The van der Waals surface area contributed by atoms with Crippen molar-refractivity contribution in [3.8, 4) is 6.07 Å². The molecule has 0 fully saturated rings. The van der Waals surface area contributed by atoms with Crippen LogP contribution in [0, 0.1) is 11.3 Å². The summed E-state index contributed by atoms with van der Waals surface area (Å²) in [4.78, 5) is 4.28. The average Bonchev–Trinajstić information content (AvgIpc) is 3.03. The summed E-state index contributed by atoms with van der Waals surface area (Å²) < 4.78 is 2.17. The molecule has 1 aromatic heterocycles. The van der Waals surface area contributed by atoms with Gasteiger partial charge in [0.05, 0.1) is 18.0 Å². The lowest BCUT2D eigenvalue weighted by Crippen LogP contribution is -2.04. The van der Waals surface area contributed by atoms with Crippen LogP contribution in [0.15, 0.2) is 61.1 Å². The van der Waals surface area contributed by atoms with Gasteiger partial charge in [-0.2, -0.15) is 5.26 Å². The lowest BCUT2D eigenvalue weighted by Gasteiger charge is -2.09. The third-order valence-electron chi connectivity index (χ3n) is 4.02. The molecule has 120 valence electrons. The van der Waals surface area contributed by atoms with Gasteiger partial charge in [-0.15, -0.1) is 0 Å². The summed E-state index contributed by atoms with van der Waals surface area (Å²) in [5, 5.41) is 9.65. The molecule has 3 aromatic rings. The van der Waals surface area contributed by atoms with Gasteiger partial charge in [0.25, 0.3) is 0 Å². The normalized spacial score (nSPS) is 10.5. The zero-order chi connectivity index (χ0) is 16.8. The number of rotatable bonds is 6. The lowest BCUT2D eigenvalue weighted by atomic mass is 10.1. The van der Waals surface area contributed by atoms with Crippen LogP contribution in [0.1, 0.15) is 28.8 Å². The van der Waals surface area contributed by atoms with Crippen LogP contribution in [0.25, 0.3) is 0 Å². The first-order valence-corrected chi connectivity index (χ1v) is 8.35. The van der Waals surface area contributed by atoms with Gasteiger partial charge in [0.1, 0.15) is 0 Å². The number of nitriles is 1. The molecular formula is C20H18ClN3. The molecule has 3 rings (SSSR count). The Morgan fingerprint density at radius 2 is 1.88 bits per heavy atom. The number of nitrogens with zero attached hydrogens (tertiary/aromatic N) is 3. The van der Waals surface area contributed by atoms with E-state index in [1.165, 1.54) is 16.8 Å².